The van der Waals surface area contributed by atoms with Gasteiger partial charge < -0.3 is 19.5 Å². The van der Waals surface area contributed by atoms with E-state index in [-0.39, 0.29) is 42.3 Å². The first-order valence-electron chi connectivity index (χ1n) is 9.52. The van der Waals surface area contributed by atoms with Gasteiger partial charge in [-0.15, -0.1) is 0 Å². The third-order valence-electron chi connectivity index (χ3n) is 5.48. The molecule has 0 spiro atoms. The van der Waals surface area contributed by atoms with E-state index in [0.717, 1.165) is 19.6 Å². The Balaban J connectivity index is 1.66. The molecule has 1 amide bonds. The molecule has 1 N–H and O–H groups in total. The Morgan fingerprint density at radius 3 is 2.48 bits per heavy atom. The van der Waals surface area contributed by atoms with Crippen LogP contribution in [0.1, 0.15) is 24.2 Å². The fourth-order valence-electron chi connectivity index (χ4n) is 4.27. The van der Waals surface area contributed by atoms with Gasteiger partial charge in [-0.2, -0.15) is 0 Å². The molecule has 150 valence electrons. The van der Waals surface area contributed by atoms with Crippen molar-refractivity contribution in [1.29, 1.82) is 0 Å². The molecular weight excluding hydrogens is 351 g/mol. The number of carbonyl (C=O) groups is 1. The zero-order valence-corrected chi connectivity index (χ0v) is 16.2. The number of halogens is 1. The van der Waals surface area contributed by atoms with E-state index in [1.165, 1.54) is 19.2 Å². The highest BCUT2D eigenvalue weighted by Crippen LogP contribution is 2.27. The van der Waals surface area contributed by atoms with Crippen LogP contribution in [0.2, 0.25) is 0 Å². The van der Waals surface area contributed by atoms with Crippen LogP contribution in [0.3, 0.4) is 0 Å². The van der Waals surface area contributed by atoms with Crippen LogP contribution in [0, 0.1) is 17.7 Å². The summed E-state index contributed by atoms with van der Waals surface area (Å²) in [5.74, 6) is -0.407. The van der Waals surface area contributed by atoms with E-state index in [1.807, 2.05) is 0 Å². The molecule has 0 radical (unpaired) electrons. The van der Waals surface area contributed by atoms with Gasteiger partial charge in [0.25, 0.3) is 5.91 Å². The molecule has 4 atom stereocenters. The van der Waals surface area contributed by atoms with E-state index in [2.05, 4.69) is 18.7 Å². The van der Waals surface area contributed by atoms with Crippen molar-refractivity contribution >= 4 is 5.91 Å². The number of likely N-dealkylation sites (tertiary alicyclic amines) is 1. The summed E-state index contributed by atoms with van der Waals surface area (Å²) in [5, 5.41) is 9.79. The van der Waals surface area contributed by atoms with Crippen molar-refractivity contribution in [3.8, 4) is 5.75 Å². The van der Waals surface area contributed by atoms with Crippen molar-refractivity contribution in [3.05, 3.63) is 29.6 Å². The van der Waals surface area contributed by atoms with E-state index in [1.54, 1.807) is 11.0 Å². The zero-order chi connectivity index (χ0) is 19.6. The highest BCUT2D eigenvalue weighted by Gasteiger charge is 2.37. The predicted octanol–water partition coefficient (Wildman–Crippen LogP) is 1.62. The average Bonchev–Trinajstić information content (AvgIpc) is 3.03. The van der Waals surface area contributed by atoms with Gasteiger partial charge in [-0.25, -0.2) is 4.39 Å². The third kappa shape index (κ3) is 4.59. The summed E-state index contributed by atoms with van der Waals surface area (Å²) >= 11 is 0. The molecule has 2 aliphatic rings. The van der Waals surface area contributed by atoms with Gasteiger partial charge >= 0.3 is 0 Å². The SMILES string of the molecule is COc1ccc(C(=O)N2C[C@@H](CN3C[C@@H](C)O[C@@H](C)C3)[C@@H](CO)C2)cc1F. The fourth-order valence-corrected chi connectivity index (χ4v) is 4.27. The number of hydrogen-bond donors (Lipinski definition) is 1. The van der Waals surface area contributed by atoms with Gasteiger partial charge in [-0.05, 0) is 38.0 Å². The topological polar surface area (TPSA) is 62.2 Å². The average molecular weight is 380 g/mol. The zero-order valence-electron chi connectivity index (χ0n) is 16.2. The molecule has 2 heterocycles. The van der Waals surface area contributed by atoms with Gasteiger partial charge in [0.05, 0.1) is 19.3 Å². The molecule has 2 saturated heterocycles. The molecule has 27 heavy (non-hydrogen) atoms. The van der Waals surface area contributed by atoms with Crippen molar-refractivity contribution in [2.45, 2.75) is 26.1 Å². The smallest absolute Gasteiger partial charge is 0.253 e. The fraction of sp³-hybridized carbons (Fsp3) is 0.650. The third-order valence-corrected chi connectivity index (χ3v) is 5.48. The number of rotatable bonds is 5. The van der Waals surface area contributed by atoms with E-state index < -0.39 is 5.82 Å². The van der Waals surface area contributed by atoms with E-state index in [0.29, 0.717) is 18.7 Å². The number of benzene rings is 1. The van der Waals surface area contributed by atoms with Crippen LogP contribution in [0.15, 0.2) is 18.2 Å². The summed E-state index contributed by atoms with van der Waals surface area (Å²) in [4.78, 5) is 16.9. The molecule has 2 aliphatic heterocycles. The molecule has 0 bridgehead atoms. The summed E-state index contributed by atoms with van der Waals surface area (Å²) < 4.78 is 24.6. The van der Waals surface area contributed by atoms with Crippen LogP contribution < -0.4 is 4.74 Å². The lowest BCUT2D eigenvalue weighted by atomic mass is 9.96. The van der Waals surface area contributed by atoms with Crippen molar-refractivity contribution in [2.75, 3.05) is 46.4 Å². The second kappa shape index (κ2) is 8.54. The van der Waals surface area contributed by atoms with Crippen molar-refractivity contribution < 1.29 is 23.8 Å². The molecule has 7 heteroatoms. The quantitative estimate of drug-likeness (QED) is 0.841. The number of hydrogen-bond acceptors (Lipinski definition) is 5. The summed E-state index contributed by atoms with van der Waals surface area (Å²) in [6, 6.07) is 4.26. The Bertz CT molecular complexity index is 661. The summed E-state index contributed by atoms with van der Waals surface area (Å²) in [5.41, 5.74) is 0.305. The van der Waals surface area contributed by atoms with Gasteiger partial charge in [-0.3, -0.25) is 9.69 Å². The number of carbonyl (C=O) groups excluding carboxylic acids is 1. The molecule has 0 saturated carbocycles. The van der Waals surface area contributed by atoms with Gasteiger partial charge in [-0.1, -0.05) is 0 Å². The lowest BCUT2D eigenvalue weighted by Gasteiger charge is -2.37. The predicted molar refractivity (Wildman–Crippen MR) is 99.4 cm³/mol. The first-order chi connectivity index (χ1) is 12.9. The van der Waals surface area contributed by atoms with E-state index in [4.69, 9.17) is 9.47 Å². The largest absolute Gasteiger partial charge is 0.494 e. The minimum Gasteiger partial charge on any atom is -0.494 e. The normalized spacial score (nSPS) is 29.1. The van der Waals surface area contributed by atoms with Crippen LogP contribution in [0.4, 0.5) is 4.39 Å². The highest BCUT2D eigenvalue weighted by molar-refractivity contribution is 5.94. The first kappa shape index (κ1) is 20.0. The Hall–Kier alpha value is -1.70. The van der Waals surface area contributed by atoms with E-state index in [9.17, 15) is 14.3 Å². The molecule has 3 rings (SSSR count). The minimum atomic E-state index is -0.547. The maximum Gasteiger partial charge on any atom is 0.253 e. The summed E-state index contributed by atoms with van der Waals surface area (Å²) in [7, 11) is 1.39. The van der Waals surface area contributed by atoms with Crippen LogP contribution in [-0.2, 0) is 4.74 Å². The molecule has 1 aromatic carbocycles. The lowest BCUT2D eigenvalue weighted by molar-refractivity contribution is -0.0726. The molecule has 1 aromatic rings. The maximum atomic E-state index is 13.9. The van der Waals surface area contributed by atoms with Crippen LogP contribution in [-0.4, -0.2) is 79.5 Å². The van der Waals surface area contributed by atoms with Gasteiger partial charge in [0, 0.05) is 50.8 Å². The van der Waals surface area contributed by atoms with Gasteiger partial charge in [0.15, 0.2) is 11.6 Å². The summed E-state index contributed by atoms with van der Waals surface area (Å²) in [6.45, 7) is 7.77. The van der Waals surface area contributed by atoms with Gasteiger partial charge in [0.1, 0.15) is 0 Å². The number of nitrogens with zero attached hydrogens (tertiary/aromatic N) is 2. The maximum absolute atomic E-state index is 13.9. The number of morpholine rings is 1. The Labute approximate surface area is 159 Å². The van der Waals surface area contributed by atoms with Crippen molar-refractivity contribution in [2.24, 2.45) is 11.8 Å². The standard InChI is InChI=1S/C20H29FN2O4/c1-13-7-22(8-14(2)27-13)9-16-10-23(11-17(16)12-24)20(25)15-4-5-19(26-3)18(21)6-15/h4-6,13-14,16-17,24H,7-12H2,1-3H3/t13-,14+,16-,17-/m1/s1. The Morgan fingerprint density at radius 1 is 1.22 bits per heavy atom. The van der Waals surface area contributed by atoms with Crippen molar-refractivity contribution in [1.82, 2.24) is 9.80 Å². The number of ether oxygens (including phenoxy) is 2. The molecule has 0 unspecified atom stereocenters. The molecular formula is C20H29FN2O4. The Kier molecular flexibility index (Phi) is 6.34. The summed E-state index contributed by atoms with van der Waals surface area (Å²) in [6.07, 6.45) is 0.366. The minimum absolute atomic E-state index is 0.0329. The second-order valence-electron chi connectivity index (χ2n) is 7.74. The number of aliphatic hydroxyl groups excluding tert-OH is 1. The highest BCUT2D eigenvalue weighted by atomic mass is 19.1. The van der Waals surface area contributed by atoms with Crippen molar-refractivity contribution in [3.63, 3.8) is 0 Å². The van der Waals surface area contributed by atoms with Crippen LogP contribution >= 0.6 is 0 Å². The van der Waals surface area contributed by atoms with Gasteiger partial charge in [0.2, 0.25) is 0 Å². The first-order valence-corrected chi connectivity index (χ1v) is 9.52. The molecule has 6 nitrogen and oxygen atoms in total. The second-order valence-corrected chi connectivity index (χ2v) is 7.74. The Morgan fingerprint density at radius 2 is 1.89 bits per heavy atom. The van der Waals surface area contributed by atoms with E-state index >= 15 is 0 Å². The number of amides is 1. The number of methoxy groups -OCH3 is 1. The molecule has 2 fully saturated rings. The molecule has 0 aromatic heterocycles. The molecule has 0 aliphatic carbocycles. The lowest BCUT2D eigenvalue weighted by Crippen LogP contribution is -2.48. The van der Waals surface area contributed by atoms with Crippen LogP contribution in [0.5, 0.6) is 5.75 Å². The number of aliphatic hydroxyl groups is 1. The van der Waals surface area contributed by atoms with Crippen LogP contribution in [0.25, 0.3) is 0 Å². The monoisotopic (exact) mass is 380 g/mol.